The molecule has 3 atom stereocenters. The van der Waals surface area contributed by atoms with Crippen molar-refractivity contribution in [1.82, 2.24) is 10.2 Å². The lowest BCUT2D eigenvalue weighted by Gasteiger charge is -2.49. The van der Waals surface area contributed by atoms with Gasteiger partial charge in [-0.05, 0) is 25.0 Å². The van der Waals surface area contributed by atoms with Gasteiger partial charge in [-0.25, -0.2) is 4.79 Å². The molecule has 2 heterocycles. The zero-order valence-electron chi connectivity index (χ0n) is 17.3. The van der Waals surface area contributed by atoms with Crippen molar-refractivity contribution in [3.8, 4) is 0 Å². The van der Waals surface area contributed by atoms with Crippen molar-refractivity contribution in [2.75, 3.05) is 0 Å². The smallest absolute Gasteiger partial charge is 0.330 e. The molecule has 2 aliphatic heterocycles. The fourth-order valence-corrected chi connectivity index (χ4v) is 5.56. The van der Waals surface area contributed by atoms with E-state index in [1.807, 2.05) is 62.4 Å². The topological polar surface area (TPSA) is 95.9 Å². The van der Waals surface area contributed by atoms with Crippen LogP contribution in [-0.4, -0.2) is 49.7 Å². The number of rotatable bonds is 6. The van der Waals surface area contributed by atoms with Gasteiger partial charge in [-0.1, -0.05) is 60.7 Å². The molecule has 2 saturated heterocycles. The molecule has 2 aliphatic rings. The SMILES string of the molecule is CC1(C)S[C@H]2N(C(=O)[C@@]2(O)NC(=O)Cc2ccccc2)[C@H]1C(=O)OCc1ccccc1. The molecule has 162 valence electrons. The van der Waals surface area contributed by atoms with E-state index in [9.17, 15) is 19.5 Å². The van der Waals surface area contributed by atoms with Crippen LogP contribution in [0.25, 0.3) is 0 Å². The standard InChI is InChI=1S/C23H24N2O5S/c1-22(2)18(19(27)30-14-16-11-7-4-8-12-16)25-20(28)23(29,21(25)31-22)24-17(26)13-15-9-5-3-6-10-15/h3-12,18,21,29H,13-14H2,1-2H3,(H,24,26)/t18-,21+,23-/m0/s1. The molecule has 0 saturated carbocycles. The summed E-state index contributed by atoms with van der Waals surface area (Å²) in [5, 5.41) is 12.7. The summed E-state index contributed by atoms with van der Waals surface area (Å²) in [6, 6.07) is 17.5. The minimum Gasteiger partial charge on any atom is -0.459 e. The fraction of sp³-hybridized carbons (Fsp3) is 0.348. The first-order chi connectivity index (χ1) is 14.7. The molecule has 0 unspecified atom stereocenters. The van der Waals surface area contributed by atoms with Crippen LogP contribution in [0.15, 0.2) is 60.7 Å². The third-order valence-electron chi connectivity index (χ3n) is 5.51. The van der Waals surface area contributed by atoms with Gasteiger partial charge in [0.25, 0.3) is 5.91 Å². The van der Waals surface area contributed by atoms with Crippen LogP contribution in [0.3, 0.4) is 0 Å². The first-order valence-electron chi connectivity index (χ1n) is 10.0. The lowest BCUT2D eigenvalue weighted by atomic mass is 9.93. The van der Waals surface area contributed by atoms with E-state index >= 15 is 0 Å². The molecule has 31 heavy (non-hydrogen) atoms. The lowest BCUT2D eigenvalue weighted by Crippen LogP contribution is -2.79. The van der Waals surface area contributed by atoms with Crippen LogP contribution in [-0.2, 0) is 32.1 Å². The molecular weight excluding hydrogens is 416 g/mol. The van der Waals surface area contributed by atoms with E-state index in [4.69, 9.17) is 4.74 Å². The molecule has 2 amide bonds. The van der Waals surface area contributed by atoms with Gasteiger partial charge in [-0.3, -0.25) is 9.59 Å². The van der Waals surface area contributed by atoms with E-state index in [-0.39, 0.29) is 13.0 Å². The molecule has 4 rings (SSSR count). The number of thioether (sulfide) groups is 1. The van der Waals surface area contributed by atoms with Crippen LogP contribution in [0.5, 0.6) is 0 Å². The van der Waals surface area contributed by atoms with Crippen molar-refractivity contribution in [3.05, 3.63) is 71.8 Å². The second-order valence-corrected chi connectivity index (χ2v) is 9.99. The predicted octanol–water partition coefficient (Wildman–Crippen LogP) is 1.84. The van der Waals surface area contributed by atoms with Crippen molar-refractivity contribution in [2.24, 2.45) is 0 Å². The van der Waals surface area contributed by atoms with E-state index in [2.05, 4.69) is 5.32 Å². The number of nitrogens with one attached hydrogen (secondary N) is 1. The molecule has 2 aromatic rings. The number of esters is 1. The van der Waals surface area contributed by atoms with E-state index < -0.39 is 39.7 Å². The Labute approximate surface area is 184 Å². The Morgan fingerprint density at radius 1 is 1.06 bits per heavy atom. The van der Waals surface area contributed by atoms with Crippen LogP contribution < -0.4 is 5.32 Å². The summed E-state index contributed by atoms with van der Waals surface area (Å²) in [5.41, 5.74) is -0.424. The molecule has 0 aromatic heterocycles. The van der Waals surface area contributed by atoms with Crippen molar-refractivity contribution in [2.45, 2.75) is 48.8 Å². The summed E-state index contributed by atoms with van der Waals surface area (Å²) < 4.78 is 4.77. The Morgan fingerprint density at radius 2 is 1.65 bits per heavy atom. The highest BCUT2D eigenvalue weighted by molar-refractivity contribution is 8.01. The van der Waals surface area contributed by atoms with Gasteiger partial charge in [-0.15, -0.1) is 11.8 Å². The second-order valence-electron chi connectivity index (χ2n) is 8.26. The predicted molar refractivity (Wildman–Crippen MR) is 116 cm³/mol. The number of hydrogen-bond donors (Lipinski definition) is 2. The lowest BCUT2D eigenvalue weighted by molar-refractivity contribution is -0.196. The molecular formula is C23H24N2O5S. The first-order valence-corrected chi connectivity index (χ1v) is 10.9. The zero-order chi connectivity index (χ0) is 22.2. The highest BCUT2D eigenvalue weighted by Gasteiger charge is 2.72. The number of fused-ring (bicyclic) bond motifs is 1. The largest absolute Gasteiger partial charge is 0.459 e. The van der Waals surface area contributed by atoms with Gasteiger partial charge in [0.15, 0.2) is 0 Å². The normalized spacial score (nSPS) is 26.0. The van der Waals surface area contributed by atoms with Crippen molar-refractivity contribution in [1.29, 1.82) is 0 Å². The van der Waals surface area contributed by atoms with E-state index in [0.717, 1.165) is 11.1 Å². The Hall–Kier alpha value is -2.84. The maximum absolute atomic E-state index is 12.9. The number of amides is 2. The number of carbonyl (C=O) groups excluding carboxylic acids is 3. The van der Waals surface area contributed by atoms with Crippen LogP contribution >= 0.6 is 11.8 Å². The van der Waals surface area contributed by atoms with Gasteiger partial charge in [0.2, 0.25) is 11.6 Å². The maximum atomic E-state index is 12.9. The molecule has 0 radical (unpaired) electrons. The maximum Gasteiger partial charge on any atom is 0.330 e. The Morgan fingerprint density at radius 3 is 2.26 bits per heavy atom. The summed E-state index contributed by atoms with van der Waals surface area (Å²) in [6.07, 6.45) is 0.0414. The Balaban J connectivity index is 1.44. The van der Waals surface area contributed by atoms with Crippen molar-refractivity contribution in [3.63, 3.8) is 0 Å². The number of aliphatic hydroxyl groups is 1. The van der Waals surface area contributed by atoms with Gasteiger partial charge in [-0.2, -0.15) is 0 Å². The third-order valence-corrected chi connectivity index (χ3v) is 7.13. The molecule has 0 spiro atoms. The van der Waals surface area contributed by atoms with Gasteiger partial charge in [0.05, 0.1) is 6.42 Å². The van der Waals surface area contributed by atoms with E-state index in [0.29, 0.717) is 0 Å². The van der Waals surface area contributed by atoms with Crippen LogP contribution in [0.4, 0.5) is 0 Å². The molecule has 0 bridgehead atoms. The Kier molecular flexibility index (Phi) is 5.53. The van der Waals surface area contributed by atoms with Gasteiger partial charge < -0.3 is 20.1 Å². The number of ether oxygens (including phenoxy) is 1. The summed E-state index contributed by atoms with van der Waals surface area (Å²) >= 11 is 1.27. The molecule has 7 nitrogen and oxygen atoms in total. The summed E-state index contributed by atoms with van der Waals surface area (Å²) in [7, 11) is 0. The number of benzene rings is 2. The second kappa shape index (κ2) is 8.01. The number of carbonyl (C=O) groups is 3. The average Bonchev–Trinajstić information content (AvgIpc) is 3.02. The summed E-state index contributed by atoms with van der Waals surface area (Å²) in [6.45, 7) is 3.75. The van der Waals surface area contributed by atoms with Crippen molar-refractivity contribution >= 4 is 29.5 Å². The number of nitrogens with zero attached hydrogens (tertiary/aromatic N) is 1. The summed E-state index contributed by atoms with van der Waals surface area (Å²) in [4.78, 5) is 39.5. The average molecular weight is 441 g/mol. The fourth-order valence-electron chi connectivity index (χ4n) is 3.98. The molecule has 8 heteroatoms. The number of hydrogen-bond acceptors (Lipinski definition) is 6. The van der Waals surface area contributed by atoms with E-state index in [1.54, 1.807) is 12.1 Å². The zero-order valence-corrected chi connectivity index (χ0v) is 18.1. The van der Waals surface area contributed by atoms with Gasteiger partial charge >= 0.3 is 5.97 Å². The quantitative estimate of drug-likeness (QED) is 0.404. The minimum absolute atomic E-state index is 0.0414. The van der Waals surface area contributed by atoms with Crippen molar-refractivity contribution < 1.29 is 24.2 Å². The molecule has 2 aromatic carbocycles. The van der Waals surface area contributed by atoms with Gasteiger partial charge in [0.1, 0.15) is 18.0 Å². The Bertz CT molecular complexity index is 998. The van der Waals surface area contributed by atoms with Crippen LogP contribution in [0.2, 0.25) is 0 Å². The monoisotopic (exact) mass is 440 g/mol. The van der Waals surface area contributed by atoms with Crippen LogP contribution in [0, 0.1) is 0 Å². The summed E-state index contributed by atoms with van der Waals surface area (Å²) in [5.74, 6) is -1.69. The number of β-lactam (4-membered cyclic amide) rings is 1. The van der Waals surface area contributed by atoms with E-state index in [1.165, 1.54) is 16.7 Å². The van der Waals surface area contributed by atoms with Crippen LogP contribution in [0.1, 0.15) is 25.0 Å². The third kappa shape index (κ3) is 3.93. The highest BCUT2D eigenvalue weighted by atomic mass is 32.2. The minimum atomic E-state index is -2.04. The molecule has 2 N–H and O–H groups in total. The molecule has 2 fully saturated rings. The van der Waals surface area contributed by atoms with Gasteiger partial charge in [0, 0.05) is 4.75 Å². The molecule has 0 aliphatic carbocycles. The highest BCUT2D eigenvalue weighted by Crippen LogP contribution is 2.54. The first kappa shape index (κ1) is 21.4.